The number of alkyl halides is 1. The van der Waals surface area contributed by atoms with Gasteiger partial charge < -0.3 is 4.90 Å². The highest BCUT2D eigenvalue weighted by Crippen LogP contribution is 2.20. The second-order valence-corrected chi connectivity index (χ2v) is 3.66. The molecule has 2 rings (SSSR count). The molecule has 0 aliphatic rings. The standard InChI is InChI=1S/C12H12ClN3/c1-16(11-5-3-2-4-6-11)12-9-14-8-10(7-13)15-12/h2-6,8-9H,7H2,1H3. The zero-order valence-corrected chi connectivity index (χ0v) is 9.72. The van der Waals surface area contributed by atoms with Crippen LogP contribution in [-0.2, 0) is 5.88 Å². The molecule has 2 aromatic rings. The fourth-order valence-electron chi connectivity index (χ4n) is 1.40. The minimum Gasteiger partial charge on any atom is -0.328 e. The zero-order valence-electron chi connectivity index (χ0n) is 8.97. The molecule has 3 nitrogen and oxygen atoms in total. The summed E-state index contributed by atoms with van der Waals surface area (Å²) in [5.74, 6) is 1.17. The first kappa shape index (κ1) is 10.9. The van der Waals surface area contributed by atoms with E-state index in [0.717, 1.165) is 17.2 Å². The van der Waals surface area contributed by atoms with Crippen molar-refractivity contribution in [2.45, 2.75) is 5.88 Å². The summed E-state index contributed by atoms with van der Waals surface area (Å²) in [6.45, 7) is 0. The SMILES string of the molecule is CN(c1ccccc1)c1cncc(CCl)n1. The maximum Gasteiger partial charge on any atom is 0.151 e. The number of para-hydroxylation sites is 1. The molecule has 0 aliphatic heterocycles. The quantitative estimate of drug-likeness (QED) is 0.764. The van der Waals surface area contributed by atoms with E-state index >= 15 is 0 Å². The second kappa shape index (κ2) is 4.94. The number of hydrogen-bond donors (Lipinski definition) is 0. The highest BCUT2D eigenvalue weighted by atomic mass is 35.5. The first-order valence-corrected chi connectivity index (χ1v) is 5.50. The minimum atomic E-state index is 0.378. The Bertz CT molecular complexity index is 459. The van der Waals surface area contributed by atoms with Crippen LogP contribution in [0.25, 0.3) is 0 Å². The summed E-state index contributed by atoms with van der Waals surface area (Å²) in [5.41, 5.74) is 1.85. The van der Waals surface area contributed by atoms with Crippen molar-refractivity contribution < 1.29 is 0 Å². The maximum absolute atomic E-state index is 5.73. The third kappa shape index (κ3) is 2.31. The summed E-state index contributed by atoms with van der Waals surface area (Å²) in [6, 6.07) is 10.0. The van der Waals surface area contributed by atoms with Crippen LogP contribution in [0.4, 0.5) is 11.5 Å². The van der Waals surface area contributed by atoms with Crippen LogP contribution < -0.4 is 4.90 Å². The van der Waals surface area contributed by atoms with Gasteiger partial charge >= 0.3 is 0 Å². The Balaban J connectivity index is 2.30. The molecule has 0 N–H and O–H groups in total. The second-order valence-electron chi connectivity index (χ2n) is 3.40. The van der Waals surface area contributed by atoms with Crippen molar-refractivity contribution in [3.63, 3.8) is 0 Å². The van der Waals surface area contributed by atoms with Gasteiger partial charge in [0, 0.05) is 18.9 Å². The van der Waals surface area contributed by atoms with Crippen LogP contribution in [0.1, 0.15) is 5.69 Å². The van der Waals surface area contributed by atoms with E-state index in [9.17, 15) is 0 Å². The van der Waals surface area contributed by atoms with Crippen molar-refractivity contribution in [2.75, 3.05) is 11.9 Å². The van der Waals surface area contributed by atoms with E-state index in [2.05, 4.69) is 9.97 Å². The predicted molar refractivity (Wildman–Crippen MR) is 66.1 cm³/mol. The molecule has 0 atom stereocenters. The van der Waals surface area contributed by atoms with Crippen molar-refractivity contribution in [3.05, 3.63) is 48.4 Å². The van der Waals surface area contributed by atoms with Crippen molar-refractivity contribution in [3.8, 4) is 0 Å². The van der Waals surface area contributed by atoms with Crippen LogP contribution in [0.15, 0.2) is 42.7 Å². The van der Waals surface area contributed by atoms with E-state index in [-0.39, 0.29) is 0 Å². The molecule has 4 heteroatoms. The zero-order chi connectivity index (χ0) is 11.4. The van der Waals surface area contributed by atoms with Gasteiger partial charge in [0.15, 0.2) is 5.82 Å². The van der Waals surface area contributed by atoms with Gasteiger partial charge in [-0.3, -0.25) is 4.98 Å². The number of anilines is 2. The topological polar surface area (TPSA) is 29.0 Å². The van der Waals surface area contributed by atoms with Gasteiger partial charge in [0.1, 0.15) is 0 Å². The van der Waals surface area contributed by atoms with Crippen LogP contribution in [-0.4, -0.2) is 17.0 Å². The van der Waals surface area contributed by atoms with E-state index in [1.165, 1.54) is 0 Å². The molecule has 0 aliphatic carbocycles. The summed E-state index contributed by atoms with van der Waals surface area (Å²) in [5, 5.41) is 0. The average Bonchev–Trinajstić information content (AvgIpc) is 2.39. The van der Waals surface area contributed by atoms with E-state index < -0.39 is 0 Å². The van der Waals surface area contributed by atoms with Crippen LogP contribution >= 0.6 is 11.6 Å². The average molecular weight is 234 g/mol. The van der Waals surface area contributed by atoms with E-state index in [1.807, 2.05) is 42.3 Å². The molecule has 1 aromatic heterocycles. The predicted octanol–water partition coefficient (Wildman–Crippen LogP) is 2.98. The van der Waals surface area contributed by atoms with Gasteiger partial charge in [-0.1, -0.05) is 18.2 Å². The van der Waals surface area contributed by atoms with Gasteiger partial charge in [0.2, 0.25) is 0 Å². The van der Waals surface area contributed by atoms with Crippen LogP contribution in [0.3, 0.4) is 0 Å². The fraction of sp³-hybridized carbons (Fsp3) is 0.167. The van der Waals surface area contributed by atoms with Crippen LogP contribution in [0, 0.1) is 0 Å². The van der Waals surface area contributed by atoms with E-state index in [4.69, 9.17) is 11.6 Å². The van der Waals surface area contributed by atoms with Crippen LogP contribution in [0.5, 0.6) is 0 Å². The monoisotopic (exact) mass is 233 g/mol. The lowest BCUT2D eigenvalue weighted by Gasteiger charge is -2.17. The van der Waals surface area contributed by atoms with Crippen molar-refractivity contribution >= 4 is 23.1 Å². The lowest BCUT2D eigenvalue weighted by atomic mass is 10.3. The van der Waals surface area contributed by atoms with Crippen molar-refractivity contribution in [2.24, 2.45) is 0 Å². The van der Waals surface area contributed by atoms with Crippen LogP contribution in [0.2, 0.25) is 0 Å². The van der Waals surface area contributed by atoms with Gasteiger partial charge in [-0.05, 0) is 12.1 Å². The van der Waals surface area contributed by atoms with Crippen molar-refractivity contribution in [1.29, 1.82) is 0 Å². The molecule has 16 heavy (non-hydrogen) atoms. The normalized spacial score (nSPS) is 10.1. The molecule has 1 heterocycles. The van der Waals surface area contributed by atoms with E-state index in [0.29, 0.717) is 5.88 Å². The Kier molecular flexibility index (Phi) is 3.37. The van der Waals surface area contributed by atoms with Gasteiger partial charge in [-0.25, -0.2) is 4.98 Å². The highest BCUT2D eigenvalue weighted by molar-refractivity contribution is 6.16. The number of aromatic nitrogens is 2. The molecular formula is C12H12ClN3. The first-order chi connectivity index (χ1) is 7.81. The molecule has 0 unspecified atom stereocenters. The number of nitrogens with zero attached hydrogens (tertiary/aromatic N) is 3. The highest BCUT2D eigenvalue weighted by Gasteiger charge is 2.05. The Morgan fingerprint density at radius 3 is 2.62 bits per heavy atom. The van der Waals surface area contributed by atoms with Gasteiger partial charge in [0.05, 0.1) is 17.8 Å². The summed E-state index contributed by atoms with van der Waals surface area (Å²) < 4.78 is 0. The Morgan fingerprint density at radius 1 is 1.19 bits per heavy atom. The molecular weight excluding hydrogens is 222 g/mol. The third-order valence-electron chi connectivity index (χ3n) is 2.30. The molecule has 1 aromatic carbocycles. The summed E-state index contributed by atoms with van der Waals surface area (Å²) >= 11 is 5.73. The first-order valence-electron chi connectivity index (χ1n) is 4.97. The Morgan fingerprint density at radius 2 is 1.94 bits per heavy atom. The minimum absolute atomic E-state index is 0.378. The Labute approximate surface area is 99.7 Å². The fourth-order valence-corrected chi connectivity index (χ4v) is 1.53. The number of hydrogen-bond acceptors (Lipinski definition) is 3. The van der Waals surface area contributed by atoms with E-state index in [1.54, 1.807) is 12.4 Å². The summed E-state index contributed by atoms with van der Waals surface area (Å²) in [6.07, 6.45) is 3.40. The molecule has 0 saturated carbocycles. The lowest BCUT2D eigenvalue weighted by molar-refractivity contribution is 1.03. The molecule has 0 saturated heterocycles. The molecule has 0 fully saturated rings. The summed E-state index contributed by atoms with van der Waals surface area (Å²) in [7, 11) is 1.96. The smallest absolute Gasteiger partial charge is 0.151 e. The molecule has 0 spiro atoms. The van der Waals surface area contributed by atoms with Crippen molar-refractivity contribution in [1.82, 2.24) is 9.97 Å². The lowest BCUT2D eigenvalue weighted by Crippen LogP contribution is -2.12. The number of rotatable bonds is 3. The molecule has 0 bridgehead atoms. The van der Waals surface area contributed by atoms with Gasteiger partial charge in [0.25, 0.3) is 0 Å². The maximum atomic E-state index is 5.73. The van der Waals surface area contributed by atoms with Gasteiger partial charge in [-0.15, -0.1) is 11.6 Å². The summed E-state index contributed by atoms with van der Waals surface area (Å²) in [4.78, 5) is 10.5. The molecule has 82 valence electrons. The van der Waals surface area contributed by atoms with Gasteiger partial charge in [-0.2, -0.15) is 0 Å². The molecule has 0 radical (unpaired) electrons. The largest absolute Gasteiger partial charge is 0.328 e. The molecule has 0 amide bonds. The number of benzene rings is 1. The Hall–Kier alpha value is -1.61. The third-order valence-corrected chi connectivity index (χ3v) is 2.57. The number of halogens is 1.